The SMILES string of the molecule is Cc1cccc(N(C2=CC=C(c3ccc(N(c4cccc(C)c4)c4cccc(C)c4)cc3)CC2(C)C)c2cccc(C)c2)c1. The second-order valence-electron chi connectivity index (χ2n) is 12.9. The number of anilines is 5. The topological polar surface area (TPSA) is 6.48 Å². The summed E-state index contributed by atoms with van der Waals surface area (Å²) in [5, 5.41) is 0. The van der Waals surface area contributed by atoms with E-state index in [0.717, 1.165) is 12.1 Å². The fourth-order valence-corrected chi connectivity index (χ4v) is 6.37. The van der Waals surface area contributed by atoms with Crippen molar-refractivity contribution in [3.8, 4) is 0 Å². The van der Waals surface area contributed by atoms with Gasteiger partial charge in [0.1, 0.15) is 0 Å². The third kappa shape index (κ3) is 6.12. The van der Waals surface area contributed by atoms with Gasteiger partial charge < -0.3 is 9.80 Å². The average molecular weight is 575 g/mol. The van der Waals surface area contributed by atoms with Gasteiger partial charge in [-0.3, -0.25) is 0 Å². The van der Waals surface area contributed by atoms with Gasteiger partial charge in [0.05, 0.1) is 0 Å². The molecule has 5 aromatic carbocycles. The molecule has 0 aliphatic heterocycles. The fourth-order valence-electron chi connectivity index (χ4n) is 6.37. The molecule has 0 saturated heterocycles. The summed E-state index contributed by atoms with van der Waals surface area (Å²) in [6, 6.07) is 44.2. The number of rotatable bonds is 7. The molecule has 0 N–H and O–H groups in total. The molecule has 0 saturated carbocycles. The highest BCUT2D eigenvalue weighted by molar-refractivity contribution is 5.80. The van der Waals surface area contributed by atoms with E-state index in [9.17, 15) is 0 Å². The summed E-state index contributed by atoms with van der Waals surface area (Å²) in [7, 11) is 0. The molecule has 0 unspecified atom stereocenters. The van der Waals surface area contributed by atoms with Crippen molar-refractivity contribution in [2.75, 3.05) is 9.80 Å². The molecule has 6 rings (SSSR count). The van der Waals surface area contributed by atoms with Crippen LogP contribution in [0.2, 0.25) is 0 Å². The lowest BCUT2D eigenvalue weighted by Crippen LogP contribution is -2.30. The Kier molecular flexibility index (Phi) is 8.01. The van der Waals surface area contributed by atoms with E-state index in [1.165, 1.54) is 61.8 Å². The highest BCUT2D eigenvalue weighted by atomic mass is 15.2. The minimum atomic E-state index is -0.0780. The molecule has 0 amide bonds. The second-order valence-corrected chi connectivity index (χ2v) is 12.9. The van der Waals surface area contributed by atoms with Gasteiger partial charge in [-0.15, -0.1) is 0 Å². The van der Waals surface area contributed by atoms with Gasteiger partial charge in [0.25, 0.3) is 0 Å². The maximum atomic E-state index is 2.44. The summed E-state index contributed by atoms with van der Waals surface area (Å²) in [5.74, 6) is 0. The van der Waals surface area contributed by atoms with Crippen molar-refractivity contribution in [2.24, 2.45) is 5.41 Å². The molecule has 0 aromatic heterocycles. The van der Waals surface area contributed by atoms with Gasteiger partial charge in [-0.05, 0) is 134 Å². The Labute approximate surface area is 263 Å². The monoisotopic (exact) mass is 574 g/mol. The minimum absolute atomic E-state index is 0.0780. The normalized spacial score (nSPS) is 14.0. The number of hydrogen-bond acceptors (Lipinski definition) is 2. The van der Waals surface area contributed by atoms with Crippen LogP contribution < -0.4 is 9.80 Å². The highest BCUT2D eigenvalue weighted by Gasteiger charge is 2.33. The van der Waals surface area contributed by atoms with Crippen LogP contribution in [0.25, 0.3) is 5.57 Å². The zero-order valence-electron chi connectivity index (χ0n) is 26.8. The van der Waals surface area contributed by atoms with Gasteiger partial charge in [0.2, 0.25) is 0 Å². The van der Waals surface area contributed by atoms with E-state index in [0.29, 0.717) is 0 Å². The minimum Gasteiger partial charge on any atom is -0.314 e. The molecule has 0 heterocycles. The van der Waals surface area contributed by atoms with Crippen molar-refractivity contribution in [1.29, 1.82) is 0 Å². The van der Waals surface area contributed by atoms with E-state index < -0.39 is 0 Å². The Morgan fingerprint density at radius 3 is 1.25 bits per heavy atom. The quantitative estimate of drug-likeness (QED) is 0.191. The summed E-state index contributed by atoms with van der Waals surface area (Å²) < 4.78 is 0. The van der Waals surface area contributed by atoms with Crippen molar-refractivity contribution >= 4 is 34.0 Å². The molecule has 1 aliphatic carbocycles. The predicted molar refractivity (Wildman–Crippen MR) is 190 cm³/mol. The molecular formula is C42H42N2. The maximum absolute atomic E-state index is 2.44. The predicted octanol–water partition coefficient (Wildman–Crippen LogP) is 11.9. The Bertz CT molecular complexity index is 1760. The zero-order valence-corrected chi connectivity index (χ0v) is 26.8. The number of nitrogens with zero attached hydrogens (tertiary/aromatic N) is 2. The fraction of sp³-hybridized carbons (Fsp3) is 0.190. The second kappa shape index (κ2) is 12.1. The van der Waals surface area contributed by atoms with Crippen molar-refractivity contribution < 1.29 is 0 Å². The zero-order chi connectivity index (χ0) is 30.8. The highest BCUT2D eigenvalue weighted by Crippen LogP contribution is 2.47. The number of allylic oxidation sites excluding steroid dienone is 4. The van der Waals surface area contributed by atoms with E-state index in [-0.39, 0.29) is 5.41 Å². The van der Waals surface area contributed by atoms with E-state index in [2.05, 4.69) is 185 Å². The van der Waals surface area contributed by atoms with Gasteiger partial charge in [-0.2, -0.15) is 0 Å². The molecular weight excluding hydrogens is 532 g/mol. The molecule has 0 bridgehead atoms. The van der Waals surface area contributed by atoms with Crippen LogP contribution in [0.5, 0.6) is 0 Å². The molecule has 0 fully saturated rings. The first kappa shape index (κ1) is 29.3. The standard InChI is InChI=1S/C42H42N2/c1-30-11-7-15-37(25-30)43(38-16-8-12-31(2)26-38)36-22-19-34(20-23-36)35-21-24-41(42(5,6)29-35)44(39-17-9-13-32(3)27-39)40-18-10-14-33(4)28-40/h7-28H,29H2,1-6H3. The Morgan fingerprint density at radius 1 is 0.455 bits per heavy atom. The van der Waals surface area contributed by atoms with Crippen LogP contribution in [0, 0.1) is 33.1 Å². The lowest BCUT2D eigenvalue weighted by molar-refractivity contribution is 0.448. The Morgan fingerprint density at radius 2 is 0.864 bits per heavy atom. The lowest BCUT2D eigenvalue weighted by atomic mass is 9.76. The molecule has 1 aliphatic rings. The third-order valence-electron chi connectivity index (χ3n) is 8.54. The summed E-state index contributed by atoms with van der Waals surface area (Å²) >= 11 is 0. The maximum Gasteiger partial charge on any atom is 0.0464 e. The van der Waals surface area contributed by atoms with Crippen molar-refractivity contribution in [3.05, 3.63) is 167 Å². The van der Waals surface area contributed by atoms with E-state index in [1.54, 1.807) is 0 Å². The summed E-state index contributed by atoms with van der Waals surface area (Å²) in [5.41, 5.74) is 14.8. The summed E-state index contributed by atoms with van der Waals surface area (Å²) in [4.78, 5) is 4.79. The van der Waals surface area contributed by atoms with Crippen molar-refractivity contribution in [2.45, 2.75) is 48.0 Å². The van der Waals surface area contributed by atoms with Crippen LogP contribution >= 0.6 is 0 Å². The average Bonchev–Trinajstić information content (AvgIpc) is 2.99. The van der Waals surface area contributed by atoms with Crippen molar-refractivity contribution in [1.82, 2.24) is 0 Å². The summed E-state index contributed by atoms with van der Waals surface area (Å²) in [6.45, 7) is 13.4. The number of benzene rings is 5. The number of hydrogen-bond donors (Lipinski definition) is 0. The van der Waals surface area contributed by atoms with Gasteiger partial charge in [0, 0.05) is 39.5 Å². The van der Waals surface area contributed by atoms with Gasteiger partial charge >= 0.3 is 0 Å². The van der Waals surface area contributed by atoms with E-state index in [4.69, 9.17) is 0 Å². The molecule has 0 radical (unpaired) electrons. The van der Waals surface area contributed by atoms with Crippen LogP contribution in [-0.2, 0) is 0 Å². The molecule has 44 heavy (non-hydrogen) atoms. The van der Waals surface area contributed by atoms with Crippen LogP contribution in [0.4, 0.5) is 28.4 Å². The smallest absolute Gasteiger partial charge is 0.0464 e. The first-order valence-corrected chi connectivity index (χ1v) is 15.6. The third-order valence-corrected chi connectivity index (χ3v) is 8.54. The first-order valence-electron chi connectivity index (χ1n) is 15.6. The molecule has 5 aromatic rings. The van der Waals surface area contributed by atoms with Crippen LogP contribution in [0.3, 0.4) is 0 Å². The van der Waals surface area contributed by atoms with Gasteiger partial charge in [-0.1, -0.05) is 80.6 Å². The molecule has 2 nitrogen and oxygen atoms in total. The molecule has 2 heteroatoms. The molecule has 220 valence electrons. The molecule has 0 atom stereocenters. The summed E-state index contributed by atoms with van der Waals surface area (Å²) in [6.07, 6.45) is 5.61. The number of aryl methyl sites for hydroxylation is 4. The Hall–Kier alpha value is -4.82. The van der Waals surface area contributed by atoms with Gasteiger partial charge in [-0.25, -0.2) is 0 Å². The lowest BCUT2D eigenvalue weighted by Gasteiger charge is -2.40. The van der Waals surface area contributed by atoms with Gasteiger partial charge in [0.15, 0.2) is 0 Å². The first-order chi connectivity index (χ1) is 21.2. The van der Waals surface area contributed by atoms with E-state index in [1.807, 2.05) is 0 Å². The largest absolute Gasteiger partial charge is 0.314 e. The van der Waals surface area contributed by atoms with Crippen LogP contribution in [-0.4, -0.2) is 0 Å². The Balaban J connectivity index is 1.38. The molecule has 0 spiro atoms. The van der Waals surface area contributed by atoms with E-state index >= 15 is 0 Å². The van der Waals surface area contributed by atoms with Crippen LogP contribution in [0.15, 0.2) is 139 Å². The van der Waals surface area contributed by atoms with Crippen molar-refractivity contribution in [3.63, 3.8) is 0 Å². The van der Waals surface area contributed by atoms with Crippen LogP contribution in [0.1, 0.15) is 48.1 Å².